The molecule has 2 fully saturated rings. The molecule has 4 atom stereocenters. The Bertz CT molecular complexity index is 2500. The van der Waals surface area contributed by atoms with Gasteiger partial charge in [0.15, 0.2) is 0 Å². The van der Waals surface area contributed by atoms with Crippen LogP contribution < -0.4 is 10.6 Å². The highest BCUT2D eigenvalue weighted by atomic mass is 32.1. The number of nitrogens with one attached hydrogen (secondary N) is 4. The van der Waals surface area contributed by atoms with Crippen molar-refractivity contribution in [1.29, 1.82) is 0 Å². The van der Waals surface area contributed by atoms with Crippen molar-refractivity contribution in [2.45, 2.75) is 63.7 Å². The zero-order valence-corrected chi connectivity index (χ0v) is 34.8. The smallest absolute Gasteiger partial charge is 0.407 e. The van der Waals surface area contributed by atoms with E-state index in [-0.39, 0.29) is 29.8 Å². The number of methoxy groups -OCH3 is 2. The molecule has 0 spiro atoms. The first kappa shape index (κ1) is 40.3. The van der Waals surface area contributed by atoms with Crippen LogP contribution in [0, 0.1) is 5.92 Å². The summed E-state index contributed by atoms with van der Waals surface area (Å²) in [6.07, 6.45) is 5.57. The molecule has 2 aliphatic rings. The van der Waals surface area contributed by atoms with E-state index in [2.05, 4.69) is 81.3 Å². The number of amides is 4. The number of aromatic amines is 2. The molecule has 310 valence electrons. The highest BCUT2D eigenvalue weighted by Gasteiger charge is 2.39. The summed E-state index contributed by atoms with van der Waals surface area (Å²) in [7, 11) is 2.58. The molecule has 2 saturated heterocycles. The number of alkyl carbamates (subject to hydrolysis) is 2. The van der Waals surface area contributed by atoms with E-state index in [1.54, 1.807) is 4.90 Å². The minimum absolute atomic E-state index is 0.107. The van der Waals surface area contributed by atoms with Crippen molar-refractivity contribution in [2.75, 3.05) is 27.3 Å². The molecule has 0 unspecified atom stereocenters. The van der Waals surface area contributed by atoms with Gasteiger partial charge in [0, 0.05) is 23.5 Å². The second-order valence-electron chi connectivity index (χ2n) is 15.5. The van der Waals surface area contributed by atoms with E-state index in [0.717, 1.165) is 80.8 Å². The fourth-order valence-corrected chi connectivity index (χ4v) is 9.07. The molecule has 0 bridgehead atoms. The summed E-state index contributed by atoms with van der Waals surface area (Å²) in [5.74, 6) is 1.00. The highest BCUT2D eigenvalue weighted by molar-refractivity contribution is 7.10. The lowest BCUT2D eigenvalue weighted by atomic mass is 9.98. The van der Waals surface area contributed by atoms with Gasteiger partial charge < -0.3 is 39.9 Å². The third-order valence-electron chi connectivity index (χ3n) is 11.5. The van der Waals surface area contributed by atoms with Gasteiger partial charge in [-0.1, -0.05) is 68.4 Å². The predicted octanol–water partition coefficient (Wildman–Crippen LogP) is 8.15. The van der Waals surface area contributed by atoms with E-state index in [4.69, 9.17) is 19.4 Å². The van der Waals surface area contributed by atoms with Gasteiger partial charge in [-0.25, -0.2) is 19.6 Å². The number of ether oxygens (including phenoxy) is 2. The van der Waals surface area contributed by atoms with E-state index >= 15 is 0 Å². The van der Waals surface area contributed by atoms with Gasteiger partial charge >= 0.3 is 12.2 Å². The summed E-state index contributed by atoms with van der Waals surface area (Å²) < 4.78 is 9.58. The number of likely N-dealkylation sites (tertiary alicyclic amines) is 2. The number of fused-ring (bicyclic) bond motifs is 1. The predicted molar refractivity (Wildman–Crippen MR) is 229 cm³/mol. The van der Waals surface area contributed by atoms with Crippen LogP contribution in [0.2, 0.25) is 0 Å². The maximum absolute atomic E-state index is 13.8. The number of aromatic nitrogens is 4. The molecule has 4 amide bonds. The monoisotopic (exact) mass is 828 g/mol. The molecule has 3 aromatic heterocycles. The number of carbonyl (C=O) groups is 4. The second-order valence-corrected chi connectivity index (χ2v) is 16.5. The lowest BCUT2D eigenvalue weighted by molar-refractivity contribution is -0.135. The minimum Gasteiger partial charge on any atom is -0.453 e. The number of benzene rings is 3. The van der Waals surface area contributed by atoms with E-state index < -0.39 is 24.3 Å². The van der Waals surface area contributed by atoms with E-state index in [0.29, 0.717) is 18.9 Å². The van der Waals surface area contributed by atoms with Crippen molar-refractivity contribution in [3.63, 3.8) is 0 Å². The van der Waals surface area contributed by atoms with Crippen LogP contribution in [0.1, 0.15) is 74.2 Å². The Balaban J connectivity index is 0.941. The first-order chi connectivity index (χ1) is 29.1. The molecule has 0 radical (unpaired) electrons. The minimum atomic E-state index is -0.835. The molecule has 3 aromatic carbocycles. The molecule has 2 aliphatic heterocycles. The molecule has 14 nitrogen and oxygen atoms in total. The topological polar surface area (TPSA) is 175 Å². The molecule has 6 aromatic rings. The number of rotatable bonds is 11. The Morgan fingerprint density at radius 1 is 0.700 bits per heavy atom. The second kappa shape index (κ2) is 17.4. The molecule has 8 rings (SSSR count). The molecule has 60 heavy (non-hydrogen) atoms. The van der Waals surface area contributed by atoms with Crippen LogP contribution in [0.3, 0.4) is 0 Å². The summed E-state index contributed by atoms with van der Waals surface area (Å²) in [5.41, 5.74) is 5.85. The average molecular weight is 829 g/mol. The van der Waals surface area contributed by atoms with Crippen molar-refractivity contribution in [1.82, 2.24) is 40.4 Å². The van der Waals surface area contributed by atoms with Gasteiger partial charge in [0.25, 0.3) is 5.91 Å². The number of hydrogen-bond donors (Lipinski definition) is 4. The van der Waals surface area contributed by atoms with Gasteiger partial charge in [-0.2, -0.15) is 0 Å². The van der Waals surface area contributed by atoms with Crippen LogP contribution in [0.5, 0.6) is 0 Å². The number of H-pyrrole nitrogens is 2. The zero-order chi connectivity index (χ0) is 41.9. The fourth-order valence-electron chi connectivity index (χ4n) is 8.30. The normalized spacial score (nSPS) is 17.5. The molecule has 0 saturated carbocycles. The zero-order valence-electron chi connectivity index (χ0n) is 33.9. The van der Waals surface area contributed by atoms with Crippen LogP contribution in [-0.4, -0.2) is 87.1 Å². The molecule has 4 N–H and O–H groups in total. The lowest BCUT2D eigenvalue weighted by Crippen LogP contribution is -2.51. The summed E-state index contributed by atoms with van der Waals surface area (Å²) in [6, 6.07) is 22.8. The first-order valence-electron chi connectivity index (χ1n) is 20.2. The van der Waals surface area contributed by atoms with Gasteiger partial charge in [-0.05, 0) is 82.6 Å². The van der Waals surface area contributed by atoms with Crippen molar-refractivity contribution in [3.8, 4) is 33.6 Å². The quantitative estimate of drug-likeness (QED) is 0.101. The maximum Gasteiger partial charge on any atom is 0.407 e. The van der Waals surface area contributed by atoms with Crippen molar-refractivity contribution < 1.29 is 28.7 Å². The summed E-state index contributed by atoms with van der Waals surface area (Å²) >= 11 is 1.41. The summed E-state index contributed by atoms with van der Waals surface area (Å²) in [6.45, 7) is 4.97. The largest absolute Gasteiger partial charge is 0.453 e. The van der Waals surface area contributed by atoms with Crippen LogP contribution in [-0.2, 0) is 19.1 Å². The Hall–Kier alpha value is -6.48. The summed E-state index contributed by atoms with van der Waals surface area (Å²) in [4.78, 5) is 72.3. The molecular formula is C45H48N8O6S. The van der Waals surface area contributed by atoms with E-state index in [1.807, 2.05) is 48.7 Å². The van der Waals surface area contributed by atoms with Crippen LogP contribution >= 0.6 is 11.3 Å². The maximum atomic E-state index is 13.8. The van der Waals surface area contributed by atoms with Gasteiger partial charge in [-0.3, -0.25) is 9.59 Å². The molecule has 5 heterocycles. The van der Waals surface area contributed by atoms with Gasteiger partial charge in [0.05, 0.1) is 50.1 Å². The van der Waals surface area contributed by atoms with Crippen LogP contribution in [0.15, 0.2) is 90.6 Å². The third-order valence-corrected chi connectivity index (χ3v) is 12.4. The number of hydrogen-bond acceptors (Lipinski definition) is 9. The Morgan fingerprint density at radius 2 is 1.23 bits per heavy atom. The van der Waals surface area contributed by atoms with Gasteiger partial charge in [-0.15, -0.1) is 11.3 Å². The van der Waals surface area contributed by atoms with E-state index in [9.17, 15) is 19.2 Å². The standard InChI is InChI=1S/C45H48N8O6S/c1-26(2)38(50-44(56)58-3)42(54)52-19-5-8-35(52)41-47-25-34(49-41)32-18-17-30-22-29(15-16-31(30)23-32)27-11-13-28(14-12-27)33-24-46-40(48-33)36-9-6-20-53(36)43(55)39(51-45(57)59-4)37-10-7-21-60-37/h7,10-18,21-26,35-36,38-39H,5-6,8-9,19-20H2,1-4H3,(H,46,48)(H,47,49)(H,50,56)(H,51,57)/t35-,36-,38-,39+/m0/s1. The van der Waals surface area contributed by atoms with Crippen molar-refractivity contribution in [3.05, 3.63) is 107 Å². The first-order valence-corrected chi connectivity index (χ1v) is 21.1. The summed E-state index contributed by atoms with van der Waals surface area (Å²) in [5, 5.41) is 9.48. The van der Waals surface area contributed by atoms with Crippen molar-refractivity contribution >= 4 is 46.1 Å². The average Bonchev–Trinajstić information content (AvgIpc) is 4.13. The molecule has 0 aliphatic carbocycles. The number of thiophene rings is 1. The Kier molecular flexibility index (Phi) is 11.7. The highest BCUT2D eigenvalue weighted by Crippen LogP contribution is 2.36. The Morgan fingerprint density at radius 3 is 1.82 bits per heavy atom. The SMILES string of the molecule is COC(=O)N[C@H](C(=O)N1CCC[C@H]1c1ncc(-c2ccc3cc(-c4ccc(-c5cnc([C@@H]6CCCN6C(=O)[C@H](NC(=O)OC)c6cccs6)[nH]5)cc4)ccc3c2)[nH]1)C(C)C. The number of nitrogens with zero attached hydrogens (tertiary/aromatic N) is 4. The fraction of sp³-hybridized carbons (Fsp3) is 0.333. The third kappa shape index (κ3) is 8.21. The number of carbonyl (C=O) groups excluding carboxylic acids is 4. The lowest BCUT2D eigenvalue weighted by Gasteiger charge is -2.30. The number of imidazole rings is 2. The van der Waals surface area contributed by atoms with Crippen LogP contribution in [0.25, 0.3) is 44.4 Å². The van der Waals surface area contributed by atoms with Gasteiger partial charge in [0.1, 0.15) is 23.7 Å². The van der Waals surface area contributed by atoms with Gasteiger partial charge in [0.2, 0.25) is 5.91 Å². The Labute approximate surface area is 351 Å². The van der Waals surface area contributed by atoms with E-state index in [1.165, 1.54) is 25.6 Å². The van der Waals surface area contributed by atoms with Crippen molar-refractivity contribution in [2.24, 2.45) is 5.92 Å². The van der Waals surface area contributed by atoms with Crippen LogP contribution in [0.4, 0.5) is 9.59 Å². The molecule has 15 heteroatoms. The molecular weight excluding hydrogens is 781 g/mol.